The summed E-state index contributed by atoms with van der Waals surface area (Å²) in [5.74, 6) is 0. The Morgan fingerprint density at radius 2 is 0.386 bits per heavy atom. The molecule has 0 unspecified atom stereocenters. The van der Waals surface area contributed by atoms with Gasteiger partial charge in [-0.25, -0.2) is 0 Å². The van der Waals surface area contributed by atoms with E-state index in [0.29, 0.717) is 0 Å². The zero-order chi connectivity index (χ0) is 58.3. The molecule has 0 aliphatic carbocycles. The maximum Gasteiger partial charge on any atom is -0.00201 e. The molecule has 17 rings (SSSR count). The fourth-order valence-electron chi connectivity index (χ4n) is 13.8. The monoisotopic (exact) mass is 1110 g/mol. The molecule has 0 radical (unpaired) electrons. The molecular formula is C88H58. The molecule has 0 aliphatic heterocycles. The van der Waals surface area contributed by atoms with Gasteiger partial charge in [0.2, 0.25) is 0 Å². The van der Waals surface area contributed by atoms with Gasteiger partial charge in [-0.05, 0) is 195 Å². The van der Waals surface area contributed by atoms with Gasteiger partial charge in [-0.2, -0.15) is 0 Å². The second kappa shape index (κ2) is 22.5. The van der Waals surface area contributed by atoms with Crippen LogP contribution in [0.2, 0.25) is 0 Å². The van der Waals surface area contributed by atoms with E-state index in [-0.39, 0.29) is 0 Å². The number of fused-ring (bicyclic) bond motifs is 7. The maximum absolute atomic E-state index is 2.38. The fraction of sp³-hybridized carbons (Fsp3) is 0. The van der Waals surface area contributed by atoms with Crippen LogP contribution >= 0.6 is 0 Å². The highest BCUT2D eigenvalue weighted by atomic mass is 14.2. The highest BCUT2D eigenvalue weighted by Gasteiger charge is 2.21. The van der Waals surface area contributed by atoms with Gasteiger partial charge in [0.05, 0.1) is 0 Å². The van der Waals surface area contributed by atoms with Gasteiger partial charge < -0.3 is 0 Å². The minimum Gasteiger partial charge on any atom is -0.0622 e. The van der Waals surface area contributed by atoms with Gasteiger partial charge in [-0.1, -0.05) is 322 Å². The van der Waals surface area contributed by atoms with Gasteiger partial charge in [0, 0.05) is 0 Å². The summed E-state index contributed by atoms with van der Waals surface area (Å²) in [7, 11) is 0. The summed E-state index contributed by atoms with van der Waals surface area (Å²) in [5.41, 5.74) is 19.9. The van der Waals surface area contributed by atoms with Gasteiger partial charge >= 0.3 is 0 Å². The number of rotatable bonds is 8. The summed E-state index contributed by atoms with van der Waals surface area (Å²) in [6, 6.07) is 128. The number of hydrogen-bond acceptors (Lipinski definition) is 0. The first kappa shape index (κ1) is 52.1. The van der Waals surface area contributed by atoms with Gasteiger partial charge in [0.15, 0.2) is 0 Å². The Morgan fingerprint density at radius 3 is 0.852 bits per heavy atom. The third kappa shape index (κ3) is 9.46. The molecule has 0 saturated carbocycles. The Kier molecular flexibility index (Phi) is 13.3. The van der Waals surface area contributed by atoms with Crippen molar-refractivity contribution in [3.63, 3.8) is 0 Å². The molecule has 0 N–H and O–H groups in total. The summed E-state index contributed by atoms with van der Waals surface area (Å²) in [6.45, 7) is 0. The molecule has 0 nitrogen and oxygen atoms in total. The first-order valence-corrected chi connectivity index (χ1v) is 30.5. The zero-order valence-electron chi connectivity index (χ0n) is 48.5. The molecule has 17 aromatic carbocycles. The smallest absolute Gasteiger partial charge is 0.00201 e. The van der Waals surface area contributed by atoms with Crippen LogP contribution in [-0.2, 0) is 0 Å². The summed E-state index contributed by atoms with van der Waals surface area (Å²) >= 11 is 0. The standard InChI is InChI=1S/C48H32.C40H26/c1-3-15-33(16-4-1)38-30-39(34-17-5-2-6-18-34)32-40(31-38)36-21-13-22-37(29-36)47-43-24-9-11-26-45(43)48(46-27-12-10-25-44(46)47)42-28-14-20-35-19-7-8-23-41(35)42;1-2-12-31-26-32(25-22-27(31)10-1)28-20-23-30(24-21-28)39-35-15-5-7-17-37(35)40(38-18-8-6-16-36(38)39)34-19-9-13-29-11-3-4-14-33(29)34/h1-32H;1-26H. The molecular weight excluding hydrogens is 1060 g/mol. The molecule has 0 fully saturated rings. The predicted octanol–water partition coefficient (Wildman–Crippen LogP) is 24.8. The lowest BCUT2D eigenvalue weighted by Gasteiger charge is -2.19. The van der Waals surface area contributed by atoms with Crippen LogP contribution in [0.15, 0.2) is 352 Å². The topological polar surface area (TPSA) is 0 Å². The van der Waals surface area contributed by atoms with Crippen LogP contribution in [0.3, 0.4) is 0 Å². The molecule has 0 bridgehead atoms. The molecule has 0 amide bonds. The Balaban J connectivity index is 0.000000144. The second-order valence-electron chi connectivity index (χ2n) is 23.0. The van der Waals surface area contributed by atoms with Crippen LogP contribution in [-0.4, -0.2) is 0 Å². The Hall–Kier alpha value is -11.4. The highest BCUT2D eigenvalue weighted by Crippen LogP contribution is 2.48. The normalized spacial score (nSPS) is 11.4. The molecule has 0 spiro atoms. The molecule has 0 aliphatic rings. The molecule has 0 heteroatoms. The van der Waals surface area contributed by atoms with Crippen LogP contribution in [0.1, 0.15) is 0 Å². The summed E-state index contributed by atoms with van der Waals surface area (Å²) < 4.78 is 0. The zero-order valence-corrected chi connectivity index (χ0v) is 48.5. The molecule has 0 heterocycles. The molecule has 17 aromatic rings. The van der Waals surface area contributed by atoms with Crippen molar-refractivity contribution in [2.75, 3.05) is 0 Å². The minimum atomic E-state index is 1.20. The first-order valence-electron chi connectivity index (χ1n) is 30.5. The van der Waals surface area contributed by atoms with Crippen molar-refractivity contribution in [2.24, 2.45) is 0 Å². The quantitative estimate of drug-likeness (QED) is 0.133. The Bertz CT molecular complexity index is 5300. The lowest BCUT2D eigenvalue weighted by molar-refractivity contribution is 1.56. The Morgan fingerprint density at radius 1 is 0.114 bits per heavy atom. The Labute approximate surface area is 513 Å². The van der Waals surface area contributed by atoms with Crippen LogP contribution < -0.4 is 0 Å². The van der Waals surface area contributed by atoms with Crippen molar-refractivity contribution >= 4 is 75.4 Å². The first-order chi connectivity index (χ1) is 43.7. The van der Waals surface area contributed by atoms with E-state index in [2.05, 4.69) is 352 Å². The van der Waals surface area contributed by atoms with Crippen molar-refractivity contribution in [3.8, 4) is 89.0 Å². The van der Waals surface area contributed by atoms with Crippen molar-refractivity contribution in [2.45, 2.75) is 0 Å². The lowest BCUT2D eigenvalue weighted by Crippen LogP contribution is -1.92. The summed E-state index contributed by atoms with van der Waals surface area (Å²) in [4.78, 5) is 0. The van der Waals surface area contributed by atoms with Gasteiger partial charge in [-0.15, -0.1) is 0 Å². The lowest BCUT2D eigenvalue weighted by atomic mass is 9.84. The van der Waals surface area contributed by atoms with E-state index in [4.69, 9.17) is 0 Å². The van der Waals surface area contributed by atoms with Crippen molar-refractivity contribution in [1.82, 2.24) is 0 Å². The summed E-state index contributed by atoms with van der Waals surface area (Å²) in [6.07, 6.45) is 0. The average Bonchev–Trinajstić information content (AvgIpc) is 1.23. The second-order valence-corrected chi connectivity index (χ2v) is 23.0. The van der Waals surface area contributed by atoms with Crippen LogP contribution in [0, 0.1) is 0 Å². The molecule has 0 aromatic heterocycles. The molecule has 410 valence electrons. The predicted molar refractivity (Wildman–Crippen MR) is 379 cm³/mol. The van der Waals surface area contributed by atoms with Crippen LogP contribution in [0.4, 0.5) is 0 Å². The maximum atomic E-state index is 2.38. The van der Waals surface area contributed by atoms with E-state index in [1.165, 1.54) is 164 Å². The number of benzene rings is 17. The fourth-order valence-corrected chi connectivity index (χ4v) is 13.8. The average molecular weight is 1120 g/mol. The number of hydrogen-bond donors (Lipinski definition) is 0. The van der Waals surface area contributed by atoms with E-state index in [0.717, 1.165) is 0 Å². The van der Waals surface area contributed by atoms with E-state index < -0.39 is 0 Å². The molecule has 88 heavy (non-hydrogen) atoms. The van der Waals surface area contributed by atoms with Crippen LogP contribution in [0.5, 0.6) is 0 Å². The SMILES string of the molecule is c1ccc(-c2cc(-c3ccccc3)cc(-c3cccc(-c4c5ccccc5c(-c5cccc6ccccc56)c5ccccc45)c3)c2)cc1.c1ccc2cc(-c3ccc(-c4c5ccccc5c(-c5cccc6ccccc56)c5ccccc45)cc3)ccc2c1. The van der Waals surface area contributed by atoms with E-state index in [9.17, 15) is 0 Å². The molecule has 0 atom stereocenters. The van der Waals surface area contributed by atoms with Crippen LogP contribution in [0.25, 0.3) is 164 Å². The summed E-state index contributed by atoms with van der Waals surface area (Å²) in [5, 5.41) is 17.8. The van der Waals surface area contributed by atoms with E-state index in [1.54, 1.807) is 0 Å². The van der Waals surface area contributed by atoms with Gasteiger partial charge in [0.25, 0.3) is 0 Å². The van der Waals surface area contributed by atoms with Gasteiger partial charge in [-0.3, -0.25) is 0 Å². The van der Waals surface area contributed by atoms with Crippen molar-refractivity contribution in [1.29, 1.82) is 0 Å². The van der Waals surface area contributed by atoms with E-state index in [1.807, 2.05) is 0 Å². The molecule has 0 saturated heterocycles. The highest BCUT2D eigenvalue weighted by molar-refractivity contribution is 6.25. The van der Waals surface area contributed by atoms with Gasteiger partial charge in [0.1, 0.15) is 0 Å². The largest absolute Gasteiger partial charge is 0.0622 e. The van der Waals surface area contributed by atoms with Crippen molar-refractivity contribution < 1.29 is 0 Å². The van der Waals surface area contributed by atoms with Crippen molar-refractivity contribution in [3.05, 3.63) is 352 Å². The van der Waals surface area contributed by atoms with E-state index >= 15 is 0 Å². The minimum absolute atomic E-state index is 1.20. The third-order valence-corrected chi connectivity index (χ3v) is 17.9. The third-order valence-electron chi connectivity index (χ3n) is 17.9.